The Labute approximate surface area is 123 Å². The van der Waals surface area contributed by atoms with Crippen molar-refractivity contribution in [1.29, 1.82) is 0 Å². The van der Waals surface area contributed by atoms with Crippen LogP contribution in [0.5, 0.6) is 5.75 Å². The van der Waals surface area contributed by atoms with Gasteiger partial charge in [-0.1, -0.05) is 6.07 Å². The van der Waals surface area contributed by atoms with Crippen LogP contribution in [0.15, 0.2) is 48.7 Å². The van der Waals surface area contributed by atoms with Crippen molar-refractivity contribution >= 4 is 11.5 Å². The van der Waals surface area contributed by atoms with Gasteiger partial charge in [0, 0.05) is 24.8 Å². The molecule has 0 unspecified atom stereocenters. The third kappa shape index (κ3) is 1.95. The van der Waals surface area contributed by atoms with Crippen molar-refractivity contribution in [2.75, 3.05) is 25.1 Å². The molecule has 4 heteroatoms. The maximum absolute atomic E-state index is 5.24. The zero-order valence-corrected chi connectivity index (χ0v) is 12.0. The average Bonchev–Trinajstić information content (AvgIpc) is 2.85. The van der Waals surface area contributed by atoms with Crippen molar-refractivity contribution in [3.05, 3.63) is 48.7 Å². The summed E-state index contributed by atoms with van der Waals surface area (Å²) in [7, 11) is 1.69. The zero-order valence-electron chi connectivity index (χ0n) is 12.0. The van der Waals surface area contributed by atoms with E-state index in [2.05, 4.69) is 39.8 Å². The van der Waals surface area contributed by atoms with E-state index in [4.69, 9.17) is 9.72 Å². The minimum Gasteiger partial charge on any atom is -0.497 e. The highest BCUT2D eigenvalue weighted by atomic mass is 16.5. The van der Waals surface area contributed by atoms with Crippen molar-refractivity contribution in [3.63, 3.8) is 0 Å². The van der Waals surface area contributed by atoms with Gasteiger partial charge in [-0.15, -0.1) is 0 Å². The Kier molecular flexibility index (Phi) is 2.81. The highest BCUT2D eigenvalue weighted by Crippen LogP contribution is 2.34. The highest BCUT2D eigenvalue weighted by Gasteiger charge is 2.23. The molecule has 0 aliphatic carbocycles. The summed E-state index contributed by atoms with van der Waals surface area (Å²) in [6.07, 6.45) is 3.34. The molecule has 1 aliphatic heterocycles. The van der Waals surface area contributed by atoms with Crippen LogP contribution in [-0.4, -0.2) is 29.6 Å². The summed E-state index contributed by atoms with van der Waals surface area (Å²) in [5.74, 6) is 2.06. The number of nitrogens with zero attached hydrogens (tertiary/aromatic N) is 3. The number of ether oxygens (including phenoxy) is 1. The molecule has 1 aromatic carbocycles. The van der Waals surface area contributed by atoms with Crippen molar-refractivity contribution in [1.82, 2.24) is 9.38 Å². The fraction of sp³-hybridized carbons (Fsp3) is 0.235. The van der Waals surface area contributed by atoms with Crippen LogP contribution in [0.4, 0.5) is 5.82 Å². The molecule has 0 spiro atoms. The van der Waals surface area contributed by atoms with Gasteiger partial charge in [-0.05, 0) is 42.8 Å². The molecule has 1 saturated heterocycles. The third-order valence-corrected chi connectivity index (χ3v) is 4.02. The molecule has 2 aromatic heterocycles. The molecule has 0 bridgehead atoms. The molecule has 4 nitrogen and oxygen atoms in total. The first-order chi connectivity index (χ1) is 10.4. The molecule has 0 atom stereocenters. The van der Waals surface area contributed by atoms with Crippen molar-refractivity contribution < 1.29 is 4.74 Å². The van der Waals surface area contributed by atoms with E-state index in [1.165, 1.54) is 12.2 Å². The number of methoxy groups -OCH3 is 1. The lowest BCUT2D eigenvalue weighted by atomic mass is 10.1. The third-order valence-electron chi connectivity index (χ3n) is 4.02. The predicted octanol–water partition coefficient (Wildman–Crippen LogP) is 3.22. The lowest BCUT2D eigenvalue weighted by Crippen LogP contribution is -2.38. The van der Waals surface area contributed by atoms with Gasteiger partial charge in [0.1, 0.15) is 22.9 Å². The number of fused-ring (bicyclic) bond motifs is 1. The van der Waals surface area contributed by atoms with Gasteiger partial charge in [0.2, 0.25) is 0 Å². The summed E-state index contributed by atoms with van der Waals surface area (Å²) in [4.78, 5) is 7.21. The van der Waals surface area contributed by atoms with E-state index in [9.17, 15) is 0 Å². The quantitative estimate of drug-likeness (QED) is 0.737. The second kappa shape index (κ2) is 4.81. The van der Waals surface area contributed by atoms with E-state index in [0.29, 0.717) is 0 Å². The Morgan fingerprint density at radius 2 is 1.86 bits per heavy atom. The molecule has 21 heavy (non-hydrogen) atoms. The molecule has 3 heterocycles. The fourth-order valence-electron chi connectivity index (χ4n) is 2.76. The SMILES string of the molecule is COc1ccc(-c2nc3ccccn3c2N2CCC2)cc1. The molecule has 0 amide bonds. The van der Waals surface area contributed by atoms with E-state index in [1.807, 2.05) is 18.2 Å². The number of hydrogen-bond acceptors (Lipinski definition) is 3. The number of hydrogen-bond donors (Lipinski definition) is 0. The second-order valence-corrected chi connectivity index (χ2v) is 5.28. The van der Waals surface area contributed by atoms with Crippen LogP contribution in [0.25, 0.3) is 16.9 Å². The normalized spacial score (nSPS) is 14.2. The van der Waals surface area contributed by atoms with Gasteiger partial charge >= 0.3 is 0 Å². The van der Waals surface area contributed by atoms with Gasteiger partial charge in [0.05, 0.1) is 7.11 Å². The van der Waals surface area contributed by atoms with Crippen molar-refractivity contribution in [2.24, 2.45) is 0 Å². The van der Waals surface area contributed by atoms with Crippen LogP contribution < -0.4 is 9.64 Å². The van der Waals surface area contributed by atoms with Crippen LogP contribution in [-0.2, 0) is 0 Å². The van der Waals surface area contributed by atoms with Gasteiger partial charge in [0.25, 0.3) is 0 Å². The molecule has 0 radical (unpaired) electrons. The number of pyridine rings is 1. The number of rotatable bonds is 3. The molecule has 106 valence electrons. The summed E-state index contributed by atoms with van der Waals surface area (Å²) in [5, 5.41) is 0. The van der Waals surface area contributed by atoms with Crippen LogP contribution >= 0.6 is 0 Å². The van der Waals surface area contributed by atoms with Gasteiger partial charge in [-0.25, -0.2) is 4.98 Å². The summed E-state index contributed by atoms with van der Waals surface area (Å²) in [6, 6.07) is 14.2. The Morgan fingerprint density at radius 3 is 2.52 bits per heavy atom. The van der Waals surface area contributed by atoms with Gasteiger partial charge in [-0.3, -0.25) is 4.40 Å². The molecular formula is C17H17N3O. The highest BCUT2D eigenvalue weighted by molar-refractivity contribution is 5.78. The minimum absolute atomic E-state index is 0.869. The Morgan fingerprint density at radius 1 is 1.05 bits per heavy atom. The fourth-order valence-corrected chi connectivity index (χ4v) is 2.76. The average molecular weight is 279 g/mol. The Bertz CT molecular complexity index is 772. The summed E-state index contributed by atoms with van der Waals surface area (Å²) in [6.45, 7) is 2.21. The monoisotopic (exact) mass is 279 g/mol. The van der Waals surface area contributed by atoms with Crippen LogP contribution in [0.3, 0.4) is 0 Å². The van der Waals surface area contributed by atoms with Gasteiger partial charge in [0.15, 0.2) is 0 Å². The topological polar surface area (TPSA) is 29.8 Å². The maximum atomic E-state index is 5.24. The van der Waals surface area contributed by atoms with Gasteiger partial charge in [-0.2, -0.15) is 0 Å². The zero-order chi connectivity index (χ0) is 14.2. The molecule has 3 aromatic rings. The Balaban J connectivity index is 1.89. The number of imidazole rings is 1. The molecule has 1 fully saturated rings. The van der Waals surface area contributed by atoms with E-state index in [1.54, 1.807) is 7.11 Å². The minimum atomic E-state index is 0.869. The van der Waals surface area contributed by atoms with Crippen LogP contribution in [0, 0.1) is 0 Å². The number of benzene rings is 1. The molecule has 0 saturated carbocycles. The first kappa shape index (κ1) is 12.3. The van der Waals surface area contributed by atoms with Crippen LogP contribution in [0.1, 0.15) is 6.42 Å². The molecule has 1 aliphatic rings. The predicted molar refractivity (Wildman–Crippen MR) is 84.0 cm³/mol. The Hall–Kier alpha value is -2.49. The standard InChI is InChI=1S/C17H17N3O/c1-21-14-8-6-13(7-9-14)16-17(19-10-4-11-19)20-12-3-2-5-15(20)18-16/h2-3,5-9,12H,4,10-11H2,1H3. The molecule has 0 N–H and O–H groups in total. The first-order valence-corrected chi connectivity index (χ1v) is 7.23. The number of anilines is 1. The van der Waals surface area contributed by atoms with Crippen molar-refractivity contribution in [2.45, 2.75) is 6.42 Å². The smallest absolute Gasteiger partial charge is 0.141 e. The molecular weight excluding hydrogens is 262 g/mol. The summed E-state index contributed by atoms with van der Waals surface area (Å²) < 4.78 is 7.42. The van der Waals surface area contributed by atoms with E-state index in [0.717, 1.165) is 35.7 Å². The second-order valence-electron chi connectivity index (χ2n) is 5.28. The summed E-state index contributed by atoms with van der Waals surface area (Å²) >= 11 is 0. The number of aromatic nitrogens is 2. The van der Waals surface area contributed by atoms with E-state index in [-0.39, 0.29) is 0 Å². The lowest BCUT2D eigenvalue weighted by molar-refractivity contribution is 0.415. The van der Waals surface area contributed by atoms with Crippen LogP contribution in [0.2, 0.25) is 0 Å². The van der Waals surface area contributed by atoms with Crippen molar-refractivity contribution in [3.8, 4) is 17.0 Å². The van der Waals surface area contributed by atoms with Gasteiger partial charge < -0.3 is 9.64 Å². The first-order valence-electron chi connectivity index (χ1n) is 7.23. The summed E-state index contributed by atoms with van der Waals surface area (Å²) in [5.41, 5.74) is 3.16. The lowest BCUT2D eigenvalue weighted by Gasteiger charge is -2.33. The largest absolute Gasteiger partial charge is 0.497 e. The maximum Gasteiger partial charge on any atom is 0.141 e. The molecule has 4 rings (SSSR count). The van der Waals surface area contributed by atoms with E-state index >= 15 is 0 Å². The van der Waals surface area contributed by atoms with E-state index < -0.39 is 0 Å².